The molecule has 2 unspecified atom stereocenters. The maximum Gasteiger partial charge on any atom is 0.416 e. The Hall–Kier alpha value is -1.60. The highest BCUT2D eigenvalue weighted by molar-refractivity contribution is 5.79. The molecule has 7 heteroatoms. The second-order valence-corrected chi connectivity index (χ2v) is 8.77. The molecule has 3 rings (SSSR count). The third kappa shape index (κ3) is 4.87. The van der Waals surface area contributed by atoms with E-state index in [0.717, 1.165) is 44.5 Å². The minimum atomic E-state index is -4.37. The van der Waals surface area contributed by atoms with Gasteiger partial charge in [0.15, 0.2) is 0 Å². The SMILES string of the molecule is CC1(C)CCCN(C(=O)Cc2ccc(C(F)(F)F)cc2)C1CN1CCC(O)C1. The molecule has 2 aliphatic rings. The number of rotatable bonds is 4. The Morgan fingerprint density at radius 1 is 1.21 bits per heavy atom. The first-order chi connectivity index (χ1) is 13.1. The standard InChI is InChI=1S/C21H29F3N2O2/c1-20(2)9-3-10-26(18(20)14-25-11-8-17(27)13-25)19(28)12-15-4-6-16(7-5-15)21(22,23)24/h4-7,17-18,27H,3,8-14H2,1-2H3. The minimum Gasteiger partial charge on any atom is -0.392 e. The number of hydrogen-bond acceptors (Lipinski definition) is 3. The predicted octanol–water partition coefficient (Wildman–Crippen LogP) is 3.33. The fraction of sp³-hybridized carbons (Fsp3) is 0.667. The molecule has 0 saturated carbocycles. The van der Waals surface area contributed by atoms with E-state index < -0.39 is 11.7 Å². The molecule has 1 aromatic carbocycles. The summed E-state index contributed by atoms with van der Waals surface area (Å²) in [5.74, 6) is -0.0442. The molecule has 0 spiro atoms. The van der Waals surface area contributed by atoms with Gasteiger partial charge in [-0.05, 0) is 42.4 Å². The normalized spacial score (nSPS) is 25.9. The molecule has 2 fully saturated rings. The molecule has 0 aromatic heterocycles. The van der Waals surface area contributed by atoms with Crippen molar-refractivity contribution in [2.75, 3.05) is 26.2 Å². The molecule has 2 saturated heterocycles. The van der Waals surface area contributed by atoms with Crippen molar-refractivity contribution in [3.8, 4) is 0 Å². The lowest BCUT2D eigenvalue weighted by Gasteiger charge is -2.48. The summed E-state index contributed by atoms with van der Waals surface area (Å²) in [6, 6.07) is 4.88. The average Bonchev–Trinajstić information content (AvgIpc) is 3.01. The molecule has 1 aromatic rings. The lowest BCUT2D eigenvalue weighted by atomic mass is 9.76. The van der Waals surface area contributed by atoms with Crippen LogP contribution in [0.1, 0.15) is 44.2 Å². The van der Waals surface area contributed by atoms with Crippen molar-refractivity contribution >= 4 is 5.91 Å². The van der Waals surface area contributed by atoms with Gasteiger partial charge in [0.2, 0.25) is 5.91 Å². The number of nitrogens with zero attached hydrogens (tertiary/aromatic N) is 2. The molecule has 156 valence electrons. The molecule has 0 radical (unpaired) electrons. The molecule has 1 amide bonds. The smallest absolute Gasteiger partial charge is 0.392 e. The summed E-state index contributed by atoms with van der Waals surface area (Å²) in [7, 11) is 0. The van der Waals surface area contributed by atoms with Gasteiger partial charge in [-0.15, -0.1) is 0 Å². The summed E-state index contributed by atoms with van der Waals surface area (Å²) in [5.41, 5.74) is -0.147. The fourth-order valence-electron chi connectivity index (χ4n) is 4.40. The number of carbonyl (C=O) groups excluding carboxylic acids is 1. The Bertz CT molecular complexity index is 688. The van der Waals surface area contributed by atoms with Gasteiger partial charge in [-0.2, -0.15) is 13.2 Å². The van der Waals surface area contributed by atoms with Crippen molar-refractivity contribution in [3.05, 3.63) is 35.4 Å². The van der Waals surface area contributed by atoms with Crippen LogP contribution in [0, 0.1) is 5.41 Å². The fourth-order valence-corrected chi connectivity index (χ4v) is 4.40. The third-order valence-corrected chi connectivity index (χ3v) is 6.13. The van der Waals surface area contributed by atoms with Gasteiger partial charge in [0.25, 0.3) is 0 Å². The van der Waals surface area contributed by atoms with Crippen LogP contribution in [0.25, 0.3) is 0 Å². The van der Waals surface area contributed by atoms with Gasteiger partial charge in [-0.3, -0.25) is 9.69 Å². The number of likely N-dealkylation sites (tertiary alicyclic amines) is 2. The van der Waals surface area contributed by atoms with Gasteiger partial charge in [0.1, 0.15) is 0 Å². The van der Waals surface area contributed by atoms with E-state index in [9.17, 15) is 23.1 Å². The largest absolute Gasteiger partial charge is 0.416 e. The second kappa shape index (κ2) is 8.03. The zero-order chi connectivity index (χ0) is 20.5. The van der Waals surface area contributed by atoms with Crippen LogP contribution in [0.4, 0.5) is 13.2 Å². The average molecular weight is 398 g/mol. The van der Waals surface area contributed by atoms with E-state index in [4.69, 9.17) is 0 Å². The topological polar surface area (TPSA) is 43.8 Å². The molecule has 0 bridgehead atoms. The Labute approximate surface area is 164 Å². The quantitative estimate of drug-likeness (QED) is 0.846. The Balaban J connectivity index is 1.70. The van der Waals surface area contributed by atoms with Crippen LogP contribution in [0.2, 0.25) is 0 Å². The zero-order valence-electron chi connectivity index (χ0n) is 16.5. The highest BCUT2D eigenvalue weighted by Gasteiger charge is 2.41. The summed E-state index contributed by atoms with van der Waals surface area (Å²) in [5, 5.41) is 9.81. The van der Waals surface area contributed by atoms with Crippen molar-refractivity contribution in [2.45, 2.75) is 57.9 Å². The van der Waals surface area contributed by atoms with Crippen LogP contribution >= 0.6 is 0 Å². The first-order valence-electron chi connectivity index (χ1n) is 9.92. The molecule has 1 N–H and O–H groups in total. The van der Waals surface area contributed by atoms with E-state index in [1.54, 1.807) is 0 Å². The van der Waals surface area contributed by atoms with Crippen molar-refractivity contribution in [2.24, 2.45) is 5.41 Å². The Morgan fingerprint density at radius 3 is 2.46 bits per heavy atom. The van der Waals surface area contributed by atoms with Crippen molar-refractivity contribution in [1.82, 2.24) is 9.80 Å². The number of hydrogen-bond donors (Lipinski definition) is 1. The summed E-state index contributed by atoms with van der Waals surface area (Å²) in [6.45, 7) is 7.19. The molecule has 28 heavy (non-hydrogen) atoms. The van der Waals surface area contributed by atoms with Crippen molar-refractivity contribution in [1.29, 1.82) is 0 Å². The first kappa shape index (κ1) is 21.1. The van der Waals surface area contributed by atoms with Crippen LogP contribution in [0.5, 0.6) is 0 Å². The summed E-state index contributed by atoms with van der Waals surface area (Å²) in [6.07, 6.45) is -1.86. The van der Waals surface area contributed by atoms with E-state index >= 15 is 0 Å². The Morgan fingerprint density at radius 2 is 1.89 bits per heavy atom. The summed E-state index contributed by atoms with van der Waals surface area (Å²) in [4.78, 5) is 17.1. The van der Waals surface area contributed by atoms with Crippen molar-refractivity contribution < 1.29 is 23.1 Å². The lowest BCUT2D eigenvalue weighted by molar-refractivity contribution is -0.139. The highest BCUT2D eigenvalue weighted by Crippen LogP contribution is 2.36. The molecule has 2 atom stereocenters. The van der Waals surface area contributed by atoms with Gasteiger partial charge in [-0.1, -0.05) is 26.0 Å². The molecule has 0 aliphatic carbocycles. The minimum absolute atomic E-state index is 0.0356. The Kier molecular flexibility index (Phi) is 6.05. The number of amides is 1. The van der Waals surface area contributed by atoms with Gasteiger partial charge in [-0.25, -0.2) is 0 Å². The van der Waals surface area contributed by atoms with Gasteiger partial charge < -0.3 is 10.0 Å². The maximum atomic E-state index is 13.0. The number of aliphatic hydroxyl groups excluding tert-OH is 1. The van der Waals surface area contributed by atoms with Gasteiger partial charge >= 0.3 is 6.18 Å². The van der Waals surface area contributed by atoms with E-state index in [1.807, 2.05) is 4.90 Å². The number of benzene rings is 1. The zero-order valence-corrected chi connectivity index (χ0v) is 16.5. The second-order valence-electron chi connectivity index (χ2n) is 8.77. The van der Waals surface area contributed by atoms with E-state index in [-0.39, 0.29) is 29.9 Å². The van der Waals surface area contributed by atoms with Crippen molar-refractivity contribution in [3.63, 3.8) is 0 Å². The van der Waals surface area contributed by atoms with Crippen LogP contribution in [0.15, 0.2) is 24.3 Å². The number of piperidine rings is 1. The summed E-state index contributed by atoms with van der Waals surface area (Å²) < 4.78 is 38.2. The first-order valence-corrected chi connectivity index (χ1v) is 9.92. The number of β-amino-alcohol motifs (C(OH)–C–C–N with tert-alkyl or cyclic N) is 1. The highest BCUT2D eigenvalue weighted by atomic mass is 19.4. The number of aliphatic hydroxyl groups is 1. The van der Waals surface area contributed by atoms with Crippen LogP contribution in [-0.4, -0.2) is 59.1 Å². The molecule has 4 nitrogen and oxygen atoms in total. The lowest BCUT2D eigenvalue weighted by Crippen LogP contribution is -2.57. The van der Waals surface area contributed by atoms with Crippen LogP contribution < -0.4 is 0 Å². The van der Waals surface area contributed by atoms with E-state index in [0.29, 0.717) is 18.7 Å². The van der Waals surface area contributed by atoms with Crippen LogP contribution in [-0.2, 0) is 17.4 Å². The predicted molar refractivity (Wildman–Crippen MR) is 101 cm³/mol. The monoisotopic (exact) mass is 398 g/mol. The molecule has 2 heterocycles. The molecule has 2 aliphatic heterocycles. The van der Waals surface area contributed by atoms with Gasteiger partial charge in [0.05, 0.1) is 18.1 Å². The number of alkyl halides is 3. The summed E-state index contributed by atoms with van der Waals surface area (Å²) >= 11 is 0. The molecular formula is C21H29F3N2O2. The third-order valence-electron chi connectivity index (χ3n) is 6.13. The number of halogens is 3. The maximum absolute atomic E-state index is 13.0. The van der Waals surface area contributed by atoms with E-state index in [1.165, 1.54) is 12.1 Å². The molecular weight excluding hydrogens is 369 g/mol. The van der Waals surface area contributed by atoms with E-state index in [2.05, 4.69) is 18.7 Å². The van der Waals surface area contributed by atoms with Crippen LogP contribution in [0.3, 0.4) is 0 Å². The van der Waals surface area contributed by atoms with Gasteiger partial charge in [0, 0.05) is 32.2 Å². The number of carbonyl (C=O) groups is 1.